The Balaban J connectivity index is 3.12. The maximum absolute atomic E-state index is 11.5. The summed E-state index contributed by atoms with van der Waals surface area (Å²) < 4.78 is 31.3. The molecule has 31 heavy (non-hydrogen) atoms. The fraction of sp³-hybridized carbons (Fsp3) is 0.391. The Kier molecular flexibility index (Phi) is 10.9. The van der Waals surface area contributed by atoms with E-state index in [1.165, 1.54) is 6.07 Å². The minimum Gasteiger partial charge on any atom is -0.478 e. The van der Waals surface area contributed by atoms with E-state index in [2.05, 4.69) is 11.9 Å². The Labute approximate surface area is 185 Å². The zero-order valence-corrected chi connectivity index (χ0v) is 19.4. The van der Waals surface area contributed by atoms with Crippen molar-refractivity contribution in [2.45, 2.75) is 40.5 Å². The number of carboxylic acids is 1. The molecule has 0 bridgehead atoms. The van der Waals surface area contributed by atoms with Crippen LogP contribution in [0.2, 0.25) is 0 Å². The first-order valence-corrected chi connectivity index (χ1v) is 11.8. The van der Waals surface area contributed by atoms with Crippen molar-refractivity contribution < 1.29 is 22.9 Å². The highest BCUT2D eigenvalue weighted by Crippen LogP contribution is 2.27. The summed E-state index contributed by atoms with van der Waals surface area (Å²) in [4.78, 5) is 17.7. The van der Waals surface area contributed by atoms with Crippen LogP contribution in [-0.2, 0) is 10.1 Å². The van der Waals surface area contributed by atoms with Gasteiger partial charge in [0.25, 0.3) is 10.1 Å². The summed E-state index contributed by atoms with van der Waals surface area (Å²) in [6, 6.07) is 4.99. The summed E-state index contributed by atoms with van der Waals surface area (Å²) in [6.07, 6.45) is 10.6. The summed E-state index contributed by atoms with van der Waals surface area (Å²) >= 11 is 0. The van der Waals surface area contributed by atoms with E-state index in [0.29, 0.717) is 17.8 Å². The predicted molar refractivity (Wildman–Crippen MR) is 127 cm³/mol. The van der Waals surface area contributed by atoms with E-state index in [-0.39, 0.29) is 17.7 Å². The van der Waals surface area contributed by atoms with Crippen molar-refractivity contribution in [3.63, 3.8) is 0 Å². The Bertz CT molecular complexity index is 976. The van der Waals surface area contributed by atoms with Crippen molar-refractivity contribution in [2.24, 2.45) is 4.99 Å². The van der Waals surface area contributed by atoms with Crippen LogP contribution in [0.1, 0.15) is 49.5 Å². The fourth-order valence-corrected chi connectivity index (χ4v) is 3.42. The first-order chi connectivity index (χ1) is 14.6. The van der Waals surface area contributed by atoms with Crippen LogP contribution < -0.4 is 4.90 Å². The maximum Gasteiger partial charge on any atom is 0.336 e. The van der Waals surface area contributed by atoms with Crippen molar-refractivity contribution in [1.82, 2.24) is 0 Å². The van der Waals surface area contributed by atoms with Gasteiger partial charge in [0.2, 0.25) is 0 Å². The van der Waals surface area contributed by atoms with Crippen molar-refractivity contribution in [2.75, 3.05) is 23.7 Å². The molecule has 1 rings (SSSR count). The highest BCUT2D eigenvalue weighted by Gasteiger charge is 2.17. The monoisotopic (exact) mass is 448 g/mol. The topological polar surface area (TPSA) is 107 Å². The van der Waals surface area contributed by atoms with Crippen LogP contribution in [-0.4, -0.2) is 48.6 Å². The van der Waals surface area contributed by atoms with Gasteiger partial charge < -0.3 is 10.0 Å². The quantitative estimate of drug-likeness (QED) is 0.273. The van der Waals surface area contributed by atoms with E-state index in [1.807, 2.05) is 49.1 Å². The lowest BCUT2D eigenvalue weighted by Crippen LogP contribution is -2.25. The van der Waals surface area contributed by atoms with Crippen LogP contribution >= 0.6 is 0 Å². The lowest BCUT2D eigenvalue weighted by atomic mass is 10.1. The number of hydrogen-bond donors (Lipinski definition) is 2. The third-order valence-electron chi connectivity index (χ3n) is 4.52. The molecule has 7 nitrogen and oxygen atoms in total. The van der Waals surface area contributed by atoms with Gasteiger partial charge in [-0.1, -0.05) is 31.2 Å². The number of carbonyl (C=O) groups is 1. The summed E-state index contributed by atoms with van der Waals surface area (Å²) in [6.45, 7) is 8.70. The van der Waals surface area contributed by atoms with Gasteiger partial charge in [0, 0.05) is 30.2 Å². The van der Waals surface area contributed by atoms with E-state index in [0.717, 1.165) is 24.4 Å². The molecule has 2 N–H and O–H groups in total. The standard InChI is InChI=1S/C23H32N2O5S/c1-5-15-24-18(2)11-7-6-8-12-19(3)25(16-10-17-31(28,29)30)22-14-9-13-21(20(22)4)23(26)27/h6-9,11-14H,5,10,15-17H2,1-4H3,(H,26,27)(H,28,29,30)/b8-6+,11-7+,19-12+,24-18-. The molecule has 170 valence electrons. The maximum atomic E-state index is 11.5. The number of aliphatic imine (C=N–C) groups is 1. The number of hydrogen-bond acceptors (Lipinski definition) is 5. The third-order valence-corrected chi connectivity index (χ3v) is 5.32. The van der Waals surface area contributed by atoms with E-state index in [4.69, 9.17) is 4.55 Å². The molecule has 0 unspecified atom stereocenters. The van der Waals surface area contributed by atoms with E-state index in [1.54, 1.807) is 19.1 Å². The van der Waals surface area contributed by atoms with E-state index in [9.17, 15) is 18.3 Å². The molecule has 0 fully saturated rings. The number of rotatable bonds is 12. The van der Waals surface area contributed by atoms with Crippen LogP contribution in [0.25, 0.3) is 0 Å². The number of benzene rings is 1. The lowest BCUT2D eigenvalue weighted by Gasteiger charge is -2.27. The molecule has 0 amide bonds. The van der Waals surface area contributed by atoms with Crippen LogP contribution in [0.3, 0.4) is 0 Å². The van der Waals surface area contributed by atoms with Gasteiger partial charge in [0.1, 0.15) is 0 Å². The van der Waals surface area contributed by atoms with Crippen LogP contribution in [0.5, 0.6) is 0 Å². The van der Waals surface area contributed by atoms with Gasteiger partial charge in [-0.05, 0) is 63.5 Å². The third kappa shape index (κ3) is 9.76. The molecule has 0 aliphatic heterocycles. The van der Waals surface area contributed by atoms with Gasteiger partial charge >= 0.3 is 5.97 Å². The summed E-state index contributed by atoms with van der Waals surface area (Å²) in [7, 11) is -4.07. The Morgan fingerprint density at radius 2 is 1.90 bits per heavy atom. The molecule has 1 aromatic carbocycles. The molecule has 0 radical (unpaired) electrons. The second-order valence-electron chi connectivity index (χ2n) is 7.12. The molecule has 1 aromatic rings. The molecule has 0 saturated heterocycles. The summed E-state index contributed by atoms with van der Waals surface area (Å²) in [5.41, 5.74) is 3.20. The average Bonchev–Trinajstić information content (AvgIpc) is 2.68. The number of allylic oxidation sites excluding steroid dienone is 6. The SMILES string of the molecule is CCC\N=C(C)/C=C/C=C/C=C(\C)N(CCCS(=O)(=O)O)c1cccc(C(=O)O)c1C. The van der Waals surface area contributed by atoms with Crippen molar-refractivity contribution >= 4 is 27.5 Å². The first kappa shape index (κ1) is 26.3. The summed E-state index contributed by atoms with van der Waals surface area (Å²) in [5, 5.41) is 9.42. The molecule has 0 heterocycles. The second kappa shape index (κ2) is 12.9. The largest absolute Gasteiger partial charge is 0.478 e. The van der Waals surface area contributed by atoms with Crippen LogP contribution in [0.15, 0.2) is 59.3 Å². The highest BCUT2D eigenvalue weighted by molar-refractivity contribution is 7.85. The molecule has 0 aliphatic carbocycles. The van der Waals surface area contributed by atoms with Gasteiger partial charge in [-0.25, -0.2) is 4.79 Å². The molecule has 0 aliphatic rings. The van der Waals surface area contributed by atoms with Crippen molar-refractivity contribution in [1.29, 1.82) is 0 Å². The minimum atomic E-state index is -4.07. The molecule has 0 saturated carbocycles. The second-order valence-corrected chi connectivity index (χ2v) is 8.69. The minimum absolute atomic E-state index is 0.186. The van der Waals surface area contributed by atoms with Crippen molar-refractivity contribution in [3.05, 3.63) is 65.4 Å². The zero-order valence-electron chi connectivity index (χ0n) is 18.6. The summed E-state index contributed by atoms with van der Waals surface area (Å²) in [5.74, 6) is -1.40. The fourth-order valence-electron chi connectivity index (χ4n) is 2.92. The first-order valence-electron chi connectivity index (χ1n) is 10.1. The normalized spacial score (nSPS) is 13.3. The smallest absolute Gasteiger partial charge is 0.336 e. The lowest BCUT2D eigenvalue weighted by molar-refractivity contribution is 0.0696. The van der Waals surface area contributed by atoms with Gasteiger partial charge in [-0.3, -0.25) is 9.55 Å². The Morgan fingerprint density at radius 1 is 1.19 bits per heavy atom. The van der Waals surface area contributed by atoms with E-state index >= 15 is 0 Å². The van der Waals surface area contributed by atoms with Crippen molar-refractivity contribution in [3.8, 4) is 0 Å². The van der Waals surface area contributed by atoms with E-state index < -0.39 is 16.1 Å². The number of carboxylic acid groups (broad SMARTS) is 1. The molecule has 8 heteroatoms. The molecule has 0 spiro atoms. The van der Waals surface area contributed by atoms with Gasteiger partial charge in [0.15, 0.2) is 0 Å². The molecule has 0 aromatic heterocycles. The van der Waals surface area contributed by atoms with Gasteiger partial charge in [-0.2, -0.15) is 8.42 Å². The predicted octanol–water partition coefficient (Wildman–Crippen LogP) is 4.66. The molecular weight excluding hydrogens is 416 g/mol. The Hall–Kier alpha value is -2.71. The zero-order chi connectivity index (χ0) is 23.4. The Morgan fingerprint density at radius 3 is 2.52 bits per heavy atom. The molecular formula is C23H32N2O5S. The molecule has 0 atom stereocenters. The van der Waals surface area contributed by atoms with Crippen LogP contribution in [0.4, 0.5) is 5.69 Å². The number of nitrogens with zero attached hydrogens (tertiary/aromatic N) is 2. The average molecular weight is 449 g/mol. The number of anilines is 1. The van der Waals surface area contributed by atoms with Crippen LogP contribution in [0, 0.1) is 6.92 Å². The van der Waals surface area contributed by atoms with Gasteiger partial charge in [-0.15, -0.1) is 0 Å². The number of aromatic carboxylic acids is 1. The van der Waals surface area contributed by atoms with Gasteiger partial charge in [0.05, 0.1) is 11.3 Å². The highest BCUT2D eigenvalue weighted by atomic mass is 32.2.